The molecule has 0 aromatic heterocycles. The molecule has 7 nitrogen and oxygen atoms in total. The van der Waals surface area contributed by atoms with Gasteiger partial charge in [-0.3, -0.25) is 4.79 Å². The fourth-order valence-electron chi connectivity index (χ4n) is 2.55. The van der Waals surface area contributed by atoms with Crippen molar-refractivity contribution in [3.05, 3.63) is 83.4 Å². The Labute approximate surface area is 191 Å². The third-order valence-electron chi connectivity index (χ3n) is 4.21. The Balaban J connectivity index is 1.73. The summed E-state index contributed by atoms with van der Waals surface area (Å²) < 4.78 is 35.3. The highest BCUT2D eigenvalue weighted by Crippen LogP contribution is 2.29. The van der Waals surface area contributed by atoms with Gasteiger partial charge in [0, 0.05) is 28.8 Å². The minimum Gasteiger partial charge on any atom is -0.423 e. The molecule has 0 radical (unpaired) electrons. The summed E-state index contributed by atoms with van der Waals surface area (Å²) in [5.74, 6) is -1.10. The van der Waals surface area contributed by atoms with Crippen LogP contribution >= 0.6 is 11.6 Å². The van der Waals surface area contributed by atoms with E-state index in [2.05, 4.69) is 5.32 Å². The second-order valence-electron chi connectivity index (χ2n) is 7.08. The first-order chi connectivity index (χ1) is 15.1. The third kappa shape index (κ3) is 6.09. The highest BCUT2D eigenvalue weighted by Gasteiger charge is 2.18. The molecule has 9 heteroatoms. The molecule has 1 amide bonds. The van der Waals surface area contributed by atoms with Gasteiger partial charge in [-0.25, -0.2) is 4.79 Å². The normalized spacial score (nSPS) is 11.1. The summed E-state index contributed by atoms with van der Waals surface area (Å²) in [5.41, 5.74) is 0.775. The van der Waals surface area contributed by atoms with Gasteiger partial charge in [0.05, 0.1) is 5.56 Å². The number of benzene rings is 3. The fourth-order valence-corrected chi connectivity index (χ4v) is 3.70. The van der Waals surface area contributed by atoms with Crippen molar-refractivity contribution >= 4 is 39.3 Å². The Morgan fingerprint density at radius 1 is 0.906 bits per heavy atom. The van der Waals surface area contributed by atoms with Crippen molar-refractivity contribution in [2.75, 3.05) is 5.32 Å². The molecule has 0 fully saturated rings. The summed E-state index contributed by atoms with van der Waals surface area (Å²) in [6, 6.07) is 17.7. The lowest BCUT2D eigenvalue weighted by molar-refractivity contribution is -0.118. The Hall–Kier alpha value is -3.36. The maximum absolute atomic E-state index is 12.5. The van der Waals surface area contributed by atoms with Crippen molar-refractivity contribution in [3.63, 3.8) is 0 Å². The highest BCUT2D eigenvalue weighted by molar-refractivity contribution is 7.87. The van der Waals surface area contributed by atoms with Crippen LogP contribution in [0.25, 0.3) is 0 Å². The number of amides is 1. The van der Waals surface area contributed by atoms with E-state index >= 15 is 0 Å². The number of anilines is 1. The van der Waals surface area contributed by atoms with Crippen LogP contribution in [0.3, 0.4) is 0 Å². The van der Waals surface area contributed by atoms with Crippen LogP contribution in [0.4, 0.5) is 5.69 Å². The molecule has 0 aliphatic carbocycles. The van der Waals surface area contributed by atoms with E-state index < -0.39 is 16.1 Å². The Morgan fingerprint density at radius 2 is 1.53 bits per heavy atom. The summed E-state index contributed by atoms with van der Waals surface area (Å²) in [5, 5.41) is 2.85. The zero-order valence-corrected chi connectivity index (χ0v) is 18.8. The predicted octanol–water partition coefficient (Wildman–Crippen LogP) is 4.92. The van der Waals surface area contributed by atoms with Gasteiger partial charge in [-0.05, 0) is 42.5 Å². The number of rotatable bonds is 7. The van der Waals surface area contributed by atoms with Crippen molar-refractivity contribution in [1.82, 2.24) is 0 Å². The molecule has 0 bridgehead atoms. The molecule has 0 aliphatic heterocycles. The maximum Gasteiger partial charge on any atom is 0.343 e. The van der Waals surface area contributed by atoms with E-state index in [4.69, 9.17) is 20.5 Å². The van der Waals surface area contributed by atoms with Gasteiger partial charge < -0.3 is 14.2 Å². The summed E-state index contributed by atoms with van der Waals surface area (Å²) in [6.45, 7) is 3.55. The summed E-state index contributed by atoms with van der Waals surface area (Å²) in [4.78, 5) is 24.2. The van der Waals surface area contributed by atoms with Crippen LogP contribution in [-0.2, 0) is 14.9 Å². The SMILES string of the molecule is CC(C)C(=O)Nc1ccc(C(=O)Oc2cc(Cl)cc(OS(=O)(=O)c3ccccc3)c2)cc1. The van der Waals surface area contributed by atoms with E-state index in [-0.39, 0.29) is 38.8 Å². The van der Waals surface area contributed by atoms with Crippen molar-refractivity contribution in [2.45, 2.75) is 18.7 Å². The molecule has 0 spiro atoms. The molecule has 3 aromatic rings. The molecule has 0 saturated carbocycles. The van der Waals surface area contributed by atoms with Gasteiger partial charge >= 0.3 is 16.1 Å². The lowest BCUT2D eigenvalue weighted by Gasteiger charge is -2.10. The molecule has 0 unspecified atom stereocenters. The maximum atomic E-state index is 12.5. The van der Waals surface area contributed by atoms with Crippen LogP contribution in [0.5, 0.6) is 11.5 Å². The van der Waals surface area contributed by atoms with Gasteiger partial charge in [-0.15, -0.1) is 0 Å². The van der Waals surface area contributed by atoms with Crippen molar-refractivity contribution in [2.24, 2.45) is 5.92 Å². The molecule has 0 saturated heterocycles. The lowest BCUT2D eigenvalue weighted by atomic mass is 10.1. The lowest BCUT2D eigenvalue weighted by Crippen LogP contribution is -2.17. The Morgan fingerprint density at radius 3 is 2.16 bits per heavy atom. The quantitative estimate of drug-likeness (QED) is 0.297. The second kappa shape index (κ2) is 9.84. The van der Waals surface area contributed by atoms with Crippen molar-refractivity contribution in [1.29, 1.82) is 0 Å². The molecule has 0 heterocycles. The number of hydrogen-bond donors (Lipinski definition) is 1. The Bertz CT molecular complexity index is 1230. The van der Waals surface area contributed by atoms with Crippen molar-refractivity contribution < 1.29 is 26.9 Å². The highest BCUT2D eigenvalue weighted by atomic mass is 35.5. The average Bonchev–Trinajstić information content (AvgIpc) is 2.74. The number of hydrogen-bond acceptors (Lipinski definition) is 6. The Kier molecular flexibility index (Phi) is 7.17. The fraction of sp³-hybridized carbons (Fsp3) is 0.130. The number of ether oxygens (including phenoxy) is 1. The minimum atomic E-state index is -4.08. The number of halogens is 1. The molecule has 32 heavy (non-hydrogen) atoms. The summed E-state index contributed by atoms with van der Waals surface area (Å²) in [7, 11) is -4.08. The van der Waals surface area contributed by atoms with E-state index in [1.165, 1.54) is 42.5 Å². The van der Waals surface area contributed by atoms with Gasteiger partial charge in [0.25, 0.3) is 0 Å². The van der Waals surface area contributed by atoms with Gasteiger partial charge in [-0.1, -0.05) is 43.6 Å². The van der Waals surface area contributed by atoms with Gasteiger partial charge in [0.2, 0.25) is 5.91 Å². The molecule has 1 N–H and O–H groups in total. The topological polar surface area (TPSA) is 98.8 Å². The number of esters is 1. The summed E-state index contributed by atoms with van der Waals surface area (Å²) in [6.07, 6.45) is 0. The van der Waals surface area contributed by atoms with E-state index in [0.717, 1.165) is 0 Å². The summed E-state index contributed by atoms with van der Waals surface area (Å²) >= 11 is 6.04. The van der Waals surface area contributed by atoms with Crippen LogP contribution in [0.2, 0.25) is 5.02 Å². The second-order valence-corrected chi connectivity index (χ2v) is 9.07. The molecular formula is C23H20ClNO6S. The zero-order valence-electron chi connectivity index (χ0n) is 17.2. The van der Waals surface area contributed by atoms with Gasteiger partial charge in [0.1, 0.15) is 16.4 Å². The first kappa shape index (κ1) is 23.3. The van der Waals surface area contributed by atoms with Crippen LogP contribution in [0.1, 0.15) is 24.2 Å². The molecule has 3 aromatic carbocycles. The number of carbonyl (C=O) groups is 2. The standard InChI is InChI=1S/C23H20ClNO6S/c1-15(2)22(26)25-18-10-8-16(9-11-18)23(27)30-19-12-17(24)13-20(14-19)31-32(28,29)21-6-4-3-5-7-21/h3-15H,1-2H3,(H,25,26). The van der Waals surface area contributed by atoms with E-state index in [1.807, 2.05) is 0 Å². The molecule has 0 aliphatic rings. The first-order valence-corrected chi connectivity index (χ1v) is 11.4. The van der Waals surface area contributed by atoms with E-state index in [9.17, 15) is 18.0 Å². The average molecular weight is 474 g/mol. The van der Waals surface area contributed by atoms with E-state index in [1.54, 1.807) is 44.2 Å². The predicted molar refractivity (Wildman–Crippen MR) is 121 cm³/mol. The van der Waals surface area contributed by atoms with Crippen LogP contribution < -0.4 is 14.2 Å². The van der Waals surface area contributed by atoms with Crippen LogP contribution in [0.15, 0.2) is 77.7 Å². The molecule has 0 atom stereocenters. The smallest absolute Gasteiger partial charge is 0.343 e. The molecule has 3 rings (SSSR count). The molecular weight excluding hydrogens is 454 g/mol. The zero-order chi connectivity index (χ0) is 23.3. The van der Waals surface area contributed by atoms with Crippen molar-refractivity contribution in [3.8, 4) is 11.5 Å². The van der Waals surface area contributed by atoms with Crippen LogP contribution in [-0.4, -0.2) is 20.3 Å². The van der Waals surface area contributed by atoms with E-state index in [0.29, 0.717) is 5.69 Å². The number of carbonyl (C=O) groups excluding carboxylic acids is 2. The van der Waals surface area contributed by atoms with Crippen LogP contribution in [0, 0.1) is 5.92 Å². The minimum absolute atomic E-state index is 0.0120. The largest absolute Gasteiger partial charge is 0.423 e. The first-order valence-electron chi connectivity index (χ1n) is 9.57. The van der Waals surface area contributed by atoms with Gasteiger partial charge in [0.15, 0.2) is 0 Å². The van der Waals surface area contributed by atoms with Gasteiger partial charge in [-0.2, -0.15) is 8.42 Å². The molecule has 166 valence electrons. The third-order valence-corrected chi connectivity index (χ3v) is 5.69. The monoisotopic (exact) mass is 473 g/mol. The number of nitrogens with one attached hydrogen (secondary N) is 1.